The van der Waals surface area contributed by atoms with E-state index in [-0.39, 0.29) is 0 Å². The minimum Gasteiger partial charge on any atom is -0.378 e. The van der Waals surface area contributed by atoms with Gasteiger partial charge in [-0.3, -0.25) is 4.68 Å². The fourth-order valence-electron chi connectivity index (χ4n) is 1.36. The molecule has 0 aromatic carbocycles. The summed E-state index contributed by atoms with van der Waals surface area (Å²) < 4.78 is 1.80. The molecule has 2 heterocycles. The third-order valence-electron chi connectivity index (χ3n) is 2.19. The first-order chi connectivity index (χ1) is 7.78. The first-order valence-electron chi connectivity index (χ1n) is 5.00. The normalized spacial score (nSPS) is 10.4. The molecule has 84 valence electrons. The van der Waals surface area contributed by atoms with Gasteiger partial charge in [0.25, 0.3) is 0 Å². The molecule has 0 saturated heterocycles. The summed E-state index contributed by atoms with van der Waals surface area (Å²) in [6, 6.07) is 6.03. The van der Waals surface area contributed by atoms with Crippen LogP contribution in [0.2, 0.25) is 0 Å². The Kier molecular flexibility index (Phi) is 3.46. The molecule has 0 fully saturated rings. The third kappa shape index (κ3) is 2.76. The molecule has 0 amide bonds. The highest BCUT2D eigenvalue weighted by atomic mass is 32.2. The quantitative estimate of drug-likeness (QED) is 0.823. The highest BCUT2D eigenvalue weighted by molar-refractivity contribution is 7.98. The number of rotatable bonds is 4. The molecule has 2 aromatic heterocycles. The second kappa shape index (κ2) is 5.03. The number of anilines is 1. The van der Waals surface area contributed by atoms with Crippen molar-refractivity contribution < 1.29 is 0 Å². The monoisotopic (exact) mass is 234 g/mol. The van der Waals surface area contributed by atoms with Crippen LogP contribution in [-0.2, 0) is 13.6 Å². The van der Waals surface area contributed by atoms with Crippen molar-refractivity contribution in [3.05, 3.63) is 36.3 Å². The van der Waals surface area contributed by atoms with Gasteiger partial charge in [0, 0.05) is 13.2 Å². The van der Waals surface area contributed by atoms with Crippen molar-refractivity contribution in [3.8, 4) is 0 Å². The van der Waals surface area contributed by atoms with Gasteiger partial charge in [0.05, 0.1) is 29.1 Å². The van der Waals surface area contributed by atoms with Gasteiger partial charge in [0.1, 0.15) is 0 Å². The number of thioether (sulfide) groups is 1. The number of hydrogen-bond donors (Lipinski definition) is 1. The Morgan fingerprint density at radius 2 is 2.25 bits per heavy atom. The summed E-state index contributed by atoms with van der Waals surface area (Å²) in [5.74, 6) is 0. The maximum absolute atomic E-state index is 4.29. The predicted molar refractivity (Wildman–Crippen MR) is 66.6 cm³/mol. The van der Waals surface area contributed by atoms with Gasteiger partial charge in [-0.05, 0) is 24.5 Å². The fraction of sp³-hybridized carbons (Fsp3) is 0.273. The van der Waals surface area contributed by atoms with Crippen molar-refractivity contribution in [2.24, 2.45) is 7.05 Å². The van der Waals surface area contributed by atoms with Gasteiger partial charge in [0.2, 0.25) is 0 Å². The summed E-state index contributed by atoms with van der Waals surface area (Å²) in [6.45, 7) is 0.723. The largest absolute Gasteiger partial charge is 0.378 e. The molecule has 0 radical (unpaired) electrons. The van der Waals surface area contributed by atoms with Crippen LogP contribution < -0.4 is 5.32 Å². The zero-order valence-electron chi connectivity index (χ0n) is 9.34. The second-order valence-corrected chi connectivity index (χ2v) is 4.25. The summed E-state index contributed by atoms with van der Waals surface area (Å²) in [4.78, 5) is 4.29. The Bertz CT molecular complexity index is 449. The molecular weight excluding hydrogens is 220 g/mol. The van der Waals surface area contributed by atoms with Crippen LogP contribution in [0.5, 0.6) is 0 Å². The molecule has 16 heavy (non-hydrogen) atoms. The molecular formula is C11H14N4S. The SMILES string of the molecule is CSc1ccc(NCc2ccn(C)n2)cn1. The molecule has 2 rings (SSSR count). The molecule has 4 nitrogen and oxygen atoms in total. The molecule has 0 unspecified atom stereocenters. The van der Waals surface area contributed by atoms with Crippen molar-refractivity contribution in [1.29, 1.82) is 0 Å². The van der Waals surface area contributed by atoms with Gasteiger partial charge in [-0.15, -0.1) is 11.8 Å². The van der Waals surface area contributed by atoms with Crippen LogP contribution in [0.25, 0.3) is 0 Å². The molecule has 0 aliphatic rings. The van der Waals surface area contributed by atoms with E-state index in [2.05, 4.69) is 15.4 Å². The molecule has 0 spiro atoms. The van der Waals surface area contributed by atoms with Crippen molar-refractivity contribution in [3.63, 3.8) is 0 Å². The van der Waals surface area contributed by atoms with E-state index in [1.54, 1.807) is 16.4 Å². The van der Waals surface area contributed by atoms with Gasteiger partial charge in [-0.1, -0.05) is 0 Å². The number of aryl methyl sites for hydroxylation is 1. The molecule has 0 aliphatic carbocycles. The molecule has 0 bridgehead atoms. The number of nitrogens with one attached hydrogen (secondary N) is 1. The van der Waals surface area contributed by atoms with Gasteiger partial charge in [-0.25, -0.2) is 4.98 Å². The van der Waals surface area contributed by atoms with E-state index in [0.717, 1.165) is 23.0 Å². The van der Waals surface area contributed by atoms with Crippen LogP contribution in [-0.4, -0.2) is 21.0 Å². The van der Waals surface area contributed by atoms with E-state index in [4.69, 9.17) is 0 Å². The average Bonchev–Trinajstić information content (AvgIpc) is 2.73. The number of nitrogens with zero attached hydrogens (tertiary/aromatic N) is 3. The lowest BCUT2D eigenvalue weighted by molar-refractivity contribution is 0.747. The van der Waals surface area contributed by atoms with Gasteiger partial charge >= 0.3 is 0 Å². The maximum atomic E-state index is 4.29. The minimum absolute atomic E-state index is 0.723. The molecule has 0 atom stereocenters. The lowest BCUT2D eigenvalue weighted by Gasteiger charge is -2.04. The number of aromatic nitrogens is 3. The summed E-state index contributed by atoms with van der Waals surface area (Å²) in [5, 5.41) is 8.60. The smallest absolute Gasteiger partial charge is 0.0958 e. The Morgan fingerprint density at radius 1 is 1.38 bits per heavy atom. The van der Waals surface area contributed by atoms with Gasteiger partial charge in [0.15, 0.2) is 0 Å². The lowest BCUT2D eigenvalue weighted by atomic mass is 10.4. The van der Waals surface area contributed by atoms with E-state index < -0.39 is 0 Å². The van der Waals surface area contributed by atoms with Crippen molar-refractivity contribution in [1.82, 2.24) is 14.8 Å². The average molecular weight is 234 g/mol. The maximum Gasteiger partial charge on any atom is 0.0958 e. The van der Waals surface area contributed by atoms with E-state index in [1.807, 2.05) is 43.9 Å². The van der Waals surface area contributed by atoms with Crippen LogP contribution in [0.1, 0.15) is 5.69 Å². The topological polar surface area (TPSA) is 42.7 Å². The van der Waals surface area contributed by atoms with Crippen LogP contribution in [0, 0.1) is 0 Å². The first kappa shape index (κ1) is 11.0. The Labute approximate surface area is 99.1 Å². The van der Waals surface area contributed by atoms with Gasteiger partial charge in [-0.2, -0.15) is 5.10 Å². The third-order valence-corrected chi connectivity index (χ3v) is 2.85. The lowest BCUT2D eigenvalue weighted by Crippen LogP contribution is -2.01. The fourth-order valence-corrected chi connectivity index (χ4v) is 1.72. The summed E-state index contributed by atoms with van der Waals surface area (Å²) in [7, 11) is 1.92. The zero-order valence-corrected chi connectivity index (χ0v) is 10.2. The molecule has 2 aromatic rings. The van der Waals surface area contributed by atoms with Crippen molar-refractivity contribution in [2.75, 3.05) is 11.6 Å². The summed E-state index contributed by atoms with van der Waals surface area (Å²) in [5.41, 5.74) is 2.04. The molecule has 5 heteroatoms. The van der Waals surface area contributed by atoms with E-state index in [1.165, 1.54) is 0 Å². The Hall–Kier alpha value is -1.49. The first-order valence-corrected chi connectivity index (χ1v) is 6.23. The predicted octanol–water partition coefficient (Wildman–Crippen LogP) is 2.15. The Morgan fingerprint density at radius 3 is 2.81 bits per heavy atom. The van der Waals surface area contributed by atoms with E-state index in [9.17, 15) is 0 Å². The molecule has 0 saturated carbocycles. The highest BCUT2D eigenvalue weighted by Gasteiger charge is 1.97. The van der Waals surface area contributed by atoms with E-state index >= 15 is 0 Å². The summed E-state index contributed by atoms with van der Waals surface area (Å²) in [6.07, 6.45) is 5.80. The number of hydrogen-bond acceptors (Lipinski definition) is 4. The number of pyridine rings is 1. The second-order valence-electron chi connectivity index (χ2n) is 3.42. The van der Waals surface area contributed by atoms with Crippen LogP contribution in [0.4, 0.5) is 5.69 Å². The minimum atomic E-state index is 0.723. The standard InChI is InChI=1S/C11H14N4S/c1-15-6-5-10(14-15)8-12-9-3-4-11(16-2)13-7-9/h3-7,12H,8H2,1-2H3. The highest BCUT2D eigenvalue weighted by Crippen LogP contribution is 2.14. The zero-order chi connectivity index (χ0) is 11.4. The molecule has 0 aliphatic heterocycles. The van der Waals surface area contributed by atoms with Crippen molar-refractivity contribution in [2.45, 2.75) is 11.6 Å². The van der Waals surface area contributed by atoms with Crippen molar-refractivity contribution >= 4 is 17.4 Å². The summed E-state index contributed by atoms with van der Waals surface area (Å²) >= 11 is 1.64. The van der Waals surface area contributed by atoms with Crippen LogP contribution >= 0.6 is 11.8 Å². The van der Waals surface area contributed by atoms with Crippen LogP contribution in [0.3, 0.4) is 0 Å². The van der Waals surface area contributed by atoms with Gasteiger partial charge < -0.3 is 5.32 Å². The molecule has 1 N–H and O–H groups in total. The Balaban J connectivity index is 1.94. The van der Waals surface area contributed by atoms with Crippen LogP contribution in [0.15, 0.2) is 35.6 Å². The van der Waals surface area contributed by atoms with E-state index in [0.29, 0.717) is 0 Å².